The van der Waals surface area contributed by atoms with Crippen molar-refractivity contribution < 1.29 is 24.7 Å². The second-order valence-electron chi connectivity index (χ2n) is 2.38. The van der Waals surface area contributed by atoms with Crippen molar-refractivity contribution in [2.75, 3.05) is 0 Å². The Morgan fingerprint density at radius 3 is 2.54 bits per heavy atom. The number of hydrogen-bond donors (Lipinski definition) is 0. The summed E-state index contributed by atoms with van der Waals surface area (Å²) in [6.45, 7) is 0. The second kappa shape index (κ2) is 3.83. The topological polar surface area (TPSA) is 51.6 Å². The van der Waals surface area contributed by atoms with Gasteiger partial charge in [0.2, 0.25) is 0 Å². The van der Waals surface area contributed by atoms with Gasteiger partial charge >= 0.3 is 90.4 Å². The third kappa shape index (κ3) is 2.04. The van der Waals surface area contributed by atoms with Crippen molar-refractivity contribution in [3.63, 3.8) is 0 Å². The summed E-state index contributed by atoms with van der Waals surface area (Å²) in [5.74, 6) is 0.570. The molecule has 4 nitrogen and oxygen atoms in total. The molecule has 0 N–H and O–H groups in total. The van der Waals surface area contributed by atoms with Gasteiger partial charge in [-0.2, -0.15) is 0 Å². The Bertz CT molecular complexity index is 404. The van der Waals surface area contributed by atoms with Crippen LogP contribution in [0.4, 0.5) is 0 Å². The van der Waals surface area contributed by atoms with Gasteiger partial charge in [-0.05, 0) is 0 Å². The Morgan fingerprint density at radius 2 is 1.85 bits per heavy atom. The molecule has 64 valence electrons. The molecule has 0 spiro atoms. The fourth-order valence-corrected chi connectivity index (χ4v) is 1.69. The van der Waals surface area contributed by atoms with Gasteiger partial charge in [-0.1, -0.05) is 0 Å². The molecular formula is C8H5AtN4. The Morgan fingerprint density at radius 1 is 1.08 bits per heavy atom. The van der Waals surface area contributed by atoms with Gasteiger partial charge in [0.15, 0.2) is 0 Å². The summed E-state index contributed by atoms with van der Waals surface area (Å²) >= 11 is 1.62. The number of rotatable bonds is 1. The molecule has 0 saturated carbocycles. The van der Waals surface area contributed by atoms with Crippen LogP contribution in [-0.2, 0) is 0 Å². The number of hydrogen-bond acceptors (Lipinski definition) is 4. The van der Waals surface area contributed by atoms with Gasteiger partial charge in [0.25, 0.3) is 0 Å². The zero-order valence-electron chi connectivity index (χ0n) is 6.55. The van der Waals surface area contributed by atoms with E-state index in [1.807, 2.05) is 24.3 Å². The molecule has 5 heteroatoms. The van der Waals surface area contributed by atoms with E-state index in [2.05, 4.69) is 20.4 Å². The van der Waals surface area contributed by atoms with Gasteiger partial charge in [0.05, 0.1) is 0 Å². The van der Waals surface area contributed by atoms with Crippen LogP contribution in [0.25, 0.3) is 11.4 Å². The number of benzene rings is 1. The Balaban J connectivity index is 2.48. The van der Waals surface area contributed by atoms with Crippen molar-refractivity contribution in [3.05, 3.63) is 30.6 Å². The van der Waals surface area contributed by atoms with Crippen LogP contribution in [-0.4, -0.2) is 20.4 Å². The van der Waals surface area contributed by atoms with E-state index in [1.54, 1.807) is 24.7 Å². The van der Waals surface area contributed by atoms with Crippen LogP contribution in [0.5, 0.6) is 0 Å². The molecule has 0 amide bonds. The van der Waals surface area contributed by atoms with E-state index in [1.165, 1.54) is 9.60 Å². The quantitative estimate of drug-likeness (QED) is 0.717. The third-order valence-corrected chi connectivity index (χ3v) is 2.40. The summed E-state index contributed by atoms with van der Waals surface area (Å²) in [6, 6.07) is 7.99. The fraction of sp³-hybridized carbons (Fsp3) is 0. The van der Waals surface area contributed by atoms with Gasteiger partial charge in [0, 0.05) is 0 Å². The van der Waals surface area contributed by atoms with Crippen LogP contribution in [0, 0.1) is 24.7 Å². The Hall–Kier alpha value is -0.957. The molecule has 2 rings (SSSR count). The standard InChI is InChI=1S/C8H5AtN4/c9-7-3-1-2-6(4-7)8-12-10-5-11-13-8/h1-5H/i9+1. The maximum absolute atomic E-state index is 3.87. The predicted molar refractivity (Wildman–Crippen MR) is 42.7 cm³/mol. The van der Waals surface area contributed by atoms with E-state index in [9.17, 15) is 0 Å². The van der Waals surface area contributed by atoms with Gasteiger partial charge < -0.3 is 0 Å². The maximum atomic E-state index is 3.87. The van der Waals surface area contributed by atoms with Crippen molar-refractivity contribution in [1.29, 1.82) is 0 Å². The molecule has 0 aliphatic carbocycles. The average Bonchev–Trinajstić information content (AvgIpc) is 2.19. The Kier molecular flexibility index (Phi) is 2.55. The minimum atomic E-state index is 0.570. The van der Waals surface area contributed by atoms with E-state index >= 15 is 0 Å². The molecule has 0 unspecified atom stereocenters. The van der Waals surface area contributed by atoms with Crippen LogP contribution >= 0.6 is 0 Å². The SMILES string of the molecule is [211At]c1cccc(-c2nncnn2)c1. The van der Waals surface area contributed by atoms with E-state index in [4.69, 9.17) is 0 Å². The van der Waals surface area contributed by atoms with Gasteiger partial charge in [0.1, 0.15) is 0 Å². The summed E-state index contributed by atoms with van der Waals surface area (Å²) in [5.41, 5.74) is 0.959. The molecule has 0 fully saturated rings. The van der Waals surface area contributed by atoms with E-state index < -0.39 is 0 Å². The molecule has 0 aliphatic rings. The van der Waals surface area contributed by atoms with Crippen molar-refractivity contribution in [1.82, 2.24) is 20.4 Å². The summed E-state index contributed by atoms with van der Waals surface area (Å²) < 4.78 is 1.23. The number of aromatic nitrogens is 4. The number of nitrogens with zero attached hydrogens (tertiary/aromatic N) is 4. The summed E-state index contributed by atoms with van der Waals surface area (Å²) in [7, 11) is 0. The van der Waals surface area contributed by atoms with Crippen LogP contribution in [0.1, 0.15) is 0 Å². The molecule has 0 saturated heterocycles. The monoisotopic (exact) mass is 368 g/mol. The first kappa shape index (κ1) is 8.63. The molecule has 0 aliphatic heterocycles. The summed E-state index contributed by atoms with van der Waals surface area (Å²) in [6.07, 6.45) is 1.32. The summed E-state index contributed by atoms with van der Waals surface area (Å²) in [4.78, 5) is 0. The zero-order chi connectivity index (χ0) is 9.10. The van der Waals surface area contributed by atoms with Crippen molar-refractivity contribution in [2.24, 2.45) is 0 Å². The molecule has 0 atom stereocenters. The molecule has 13 heavy (non-hydrogen) atoms. The zero-order valence-corrected chi connectivity index (χ0v) is 9.49. The molecular weight excluding hydrogens is 363 g/mol. The molecule has 1 aromatic carbocycles. The van der Waals surface area contributed by atoms with Gasteiger partial charge in [-0.3, -0.25) is 0 Å². The van der Waals surface area contributed by atoms with E-state index in [0.29, 0.717) is 5.82 Å². The third-order valence-electron chi connectivity index (χ3n) is 1.49. The minimum absolute atomic E-state index is 0.570. The summed E-state index contributed by atoms with van der Waals surface area (Å²) in [5, 5.41) is 15.1. The van der Waals surface area contributed by atoms with Crippen LogP contribution in [0.15, 0.2) is 30.6 Å². The first-order chi connectivity index (χ1) is 6.36. The first-order valence-corrected chi connectivity index (χ1v) is 5.09. The van der Waals surface area contributed by atoms with Crippen molar-refractivity contribution in [2.45, 2.75) is 0 Å². The molecule has 2 aromatic rings. The first-order valence-electron chi connectivity index (χ1n) is 3.62. The average molecular weight is 368 g/mol. The fourth-order valence-electron chi connectivity index (χ4n) is 0.947. The van der Waals surface area contributed by atoms with E-state index in [0.717, 1.165) is 5.56 Å². The predicted octanol–water partition coefficient (Wildman–Crippen LogP) is 0.108. The van der Waals surface area contributed by atoms with Crippen molar-refractivity contribution >= 4 is 3.27 Å². The van der Waals surface area contributed by atoms with Gasteiger partial charge in [-0.15, -0.1) is 0 Å². The molecule has 0 bridgehead atoms. The van der Waals surface area contributed by atoms with Crippen LogP contribution in [0.2, 0.25) is 0 Å². The molecule has 1 heterocycles. The van der Waals surface area contributed by atoms with E-state index in [-0.39, 0.29) is 0 Å². The second-order valence-corrected chi connectivity index (χ2v) is 4.08. The molecule has 0 radical (unpaired) electrons. The molecule has 1 aromatic heterocycles. The van der Waals surface area contributed by atoms with Crippen LogP contribution < -0.4 is 3.27 Å². The van der Waals surface area contributed by atoms with Gasteiger partial charge in [-0.25, -0.2) is 0 Å². The Labute approximate surface area is 90.3 Å². The normalized spacial score (nSPS) is 9.92. The van der Waals surface area contributed by atoms with Crippen molar-refractivity contribution in [3.8, 4) is 11.4 Å². The van der Waals surface area contributed by atoms with Crippen LogP contribution in [0.3, 0.4) is 0 Å².